The lowest BCUT2D eigenvalue weighted by Crippen LogP contribution is -2.37. The summed E-state index contributed by atoms with van der Waals surface area (Å²) in [5.41, 5.74) is 0. The van der Waals surface area contributed by atoms with Crippen molar-refractivity contribution in [2.24, 2.45) is 0 Å². The van der Waals surface area contributed by atoms with Gasteiger partial charge in [-0.2, -0.15) is 0 Å². The van der Waals surface area contributed by atoms with Crippen molar-refractivity contribution in [2.45, 2.75) is 96.5 Å². The lowest BCUT2D eigenvalue weighted by atomic mass is 10.1. The highest BCUT2D eigenvalue weighted by molar-refractivity contribution is 7.45. The number of aliphatic hydroxyl groups is 1. The van der Waals surface area contributed by atoms with Crippen LogP contribution in [0.25, 0.3) is 0 Å². The number of likely N-dealkylation sites (N-methyl/N-ethyl adjacent to an activating group) is 1. The van der Waals surface area contributed by atoms with Crippen molar-refractivity contribution >= 4 is 13.8 Å². The summed E-state index contributed by atoms with van der Waals surface area (Å²) in [4.78, 5) is 23.5. The molecular formula is C27H52NO7P. The Labute approximate surface area is 219 Å². The third-order valence-corrected chi connectivity index (χ3v) is 6.42. The predicted octanol–water partition coefficient (Wildman–Crippen LogP) is 5.30. The van der Waals surface area contributed by atoms with Crippen LogP contribution in [0.4, 0.5) is 0 Å². The Kier molecular flexibility index (Phi) is 21.4. The van der Waals surface area contributed by atoms with Crippen LogP contribution in [0.3, 0.4) is 0 Å². The number of phosphoric acid groups is 1. The first-order valence-electron chi connectivity index (χ1n) is 13.6. The van der Waals surface area contributed by atoms with Crippen LogP contribution < -0.4 is 4.89 Å². The maximum Gasteiger partial charge on any atom is 0.305 e. The fraction of sp³-hybridized carbons (Fsp3) is 0.815. The Morgan fingerprint density at radius 2 is 1.47 bits per heavy atom. The van der Waals surface area contributed by atoms with Gasteiger partial charge in [-0.15, -0.1) is 0 Å². The second-order valence-electron chi connectivity index (χ2n) is 10.3. The van der Waals surface area contributed by atoms with Gasteiger partial charge in [0, 0.05) is 6.42 Å². The molecule has 2 unspecified atom stereocenters. The van der Waals surface area contributed by atoms with Crippen molar-refractivity contribution < 1.29 is 37.6 Å². The Hall–Kier alpha value is -1.02. The van der Waals surface area contributed by atoms with Crippen LogP contribution in [0.5, 0.6) is 0 Å². The molecule has 0 bridgehead atoms. The van der Waals surface area contributed by atoms with E-state index < -0.39 is 26.5 Å². The van der Waals surface area contributed by atoms with E-state index in [1.54, 1.807) is 0 Å². The molecule has 0 radical (unpaired) electrons. The summed E-state index contributed by atoms with van der Waals surface area (Å²) >= 11 is 0. The largest absolute Gasteiger partial charge is 0.756 e. The number of carbonyl (C=O) groups excluding carboxylic acids is 1. The summed E-state index contributed by atoms with van der Waals surface area (Å²) in [6.07, 6.45) is 21.6. The molecule has 36 heavy (non-hydrogen) atoms. The number of quaternary nitrogens is 1. The molecule has 0 aliphatic heterocycles. The van der Waals surface area contributed by atoms with Gasteiger partial charge in [0.05, 0.1) is 27.7 Å². The van der Waals surface area contributed by atoms with Gasteiger partial charge in [0.15, 0.2) is 0 Å². The smallest absolute Gasteiger partial charge is 0.305 e. The fourth-order valence-electron chi connectivity index (χ4n) is 3.21. The number of hydrogen-bond donors (Lipinski definition) is 1. The second kappa shape index (κ2) is 22.0. The normalized spacial score (nSPS) is 14.9. The van der Waals surface area contributed by atoms with Crippen LogP contribution in [0, 0.1) is 0 Å². The first-order valence-corrected chi connectivity index (χ1v) is 15.1. The van der Waals surface area contributed by atoms with Crippen LogP contribution in [0.2, 0.25) is 0 Å². The van der Waals surface area contributed by atoms with Gasteiger partial charge in [0.2, 0.25) is 0 Å². The highest BCUT2D eigenvalue weighted by atomic mass is 31.2. The predicted molar refractivity (Wildman–Crippen MR) is 143 cm³/mol. The molecule has 0 aromatic heterocycles. The third kappa shape index (κ3) is 26.1. The minimum Gasteiger partial charge on any atom is -0.756 e. The van der Waals surface area contributed by atoms with E-state index in [0.29, 0.717) is 11.0 Å². The topological polar surface area (TPSA) is 105 Å². The van der Waals surface area contributed by atoms with Crippen molar-refractivity contribution in [3.63, 3.8) is 0 Å². The Bertz CT molecular complexity index is 647. The van der Waals surface area contributed by atoms with E-state index in [-0.39, 0.29) is 19.6 Å². The molecule has 0 saturated carbocycles. The molecule has 8 nitrogen and oxygen atoms in total. The number of allylic oxidation sites excluding steroid dienone is 4. The van der Waals surface area contributed by atoms with Gasteiger partial charge in [0.1, 0.15) is 25.9 Å². The lowest BCUT2D eigenvalue weighted by molar-refractivity contribution is -0.870. The number of carbonyl (C=O) groups is 1. The maximum atomic E-state index is 11.8. The molecule has 0 amide bonds. The zero-order valence-electron chi connectivity index (χ0n) is 23.2. The Balaban J connectivity index is 3.62. The quantitative estimate of drug-likeness (QED) is 0.0590. The zero-order valence-corrected chi connectivity index (χ0v) is 24.1. The number of ether oxygens (including phenoxy) is 1. The van der Waals surface area contributed by atoms with Crippen LogP contribution in [0.15, 0.2) is 24.3 Å². The number of aliphatic hydroxyl groups excluding tert-OH is 1. The molecule has 0 aliphatic carbocycles. The van der Waals surface area contributed by atoms with Gasteiger partial charge in [-0.1, -0.05) is 69.8 Å². The van der Waals surface area contributed by atoms with E-state index in [9.17, 15) is 19.4 Å². The number of unbranched alkanes of at least 4 members (excludes halogenated alkanes) is 9. The lowest BCUT2D eigenvalue weighted by Gasteiger charge is -2.27. The average molecular weight is 534 g/mol. The van der Waals surface area contributed by atoms with Gasteiger partial charge < -0.3 is 28.3 Å². The maximum absolute atomic E-state index is 11.8. The molecule has 0 heterocycles. The molecule has 212 valence electrons. The van der Waals surface area contributed by atoms with Gasteiger partial charge >= 0.3 is 5.97 Å². The van der Waals surface area contributed by atoms with E-state index >= 15 is 0 Å². The molecule has 0 saturated heterocycles. The van der Waals surface area contributed by atoms with E-state index in [1.807, 2.05) is 21.1 Å². The van der Waals surface area contributed by atoms with E-state index in [2.05, 4.69) is 35.8 Å². The molecule has 0 spiro atoms. The highest BCUT2D eigenvalue weighted by Gasteiger charge is 2.16. The summed E-state index contributed by atoms with van der Waals surface area (Å²) in [6.45, 7) is 1.89. The molecule has 2 atom stereocenters. The number of nitrogens with zero attached hydrogens (tertiary/aromatic N) is 1. The summed E-state index contributed by atoms with van der Waals surface area (Å²) in [5, 5.41) is 9.80. The zero-order chi connectivity index (χ0) is 27.1. The summed E-state index contributed by atoms with van der Waals surface area (Å²) in [5.74, 6) is -0.403. The van der Waals surface area contributed by atoms with Gasteiger partial charge in [0.25, 0.3) is 7.82 Å². The number of phosphoric ester groups is 1. The van der Waals surface area contributed by atoms with Crippen molar-refractivity contribution in [2.75, 3.05) is 47.5 Å². The second-order valence-corrected chi connectivity index (χ2v) is 11.7. The molecule has 0 aromatic carbocycles. The molecule has 9 heteroatoms. The SMILES string of the molecule is CCCCCC/C=C\C/C=C\CCCCCCCC(=O)OCC(O)COP(=O)([O-])OCC[N+](C)(C)C. The van der Waals surface area contributed by atoms with Crippen molar-refractivity contribution in [3.05, 3.63) is 24.3 Å². The monoisotopic (exact) mass is 533 g/mol. The van der Waals surface area contributed by atoms with Gasteiger partial charge in [-0.3, -0.25) is 9.36 Å². The van der Waals surface area contributed by atoms with Gasteiger partial charge in [-0.05, 0) is 38.5 Å². The molecular weight excluding hydrogens is 481 g/mol. The van der Waals surface area contributed by atoms with E-state index in [4.69, 9.17) is 9.26 Å². The first-order chi connectivity index (χ1) is 17.1. The number of esters is 1. The molecule has 1 N–H and O–H groups in total. The van der Waals surface area contributed by atoms with Crippen molar-refractivity contribution in [1.82, 2.24) is 0 Å². The fourth-order valence-corrected chi connectivity index (χ4v) is 3.94. The average Bonchev–Trinajstić information content (AvgIpc) is 2.80. The molecule has 0 aromatic rings. The van der Waals surface area contributed by atoms with Crippen molar-refractivity contribution in [1.29, 1.82) is 0 Å². The van der Waals surface area contributed by atoms with E-state index in [1.165, 1.54) is 32.1 Å². The third-order valence-electron chi connectivity index (χ3n) is 5.45. The highest BCUT2D eigenvalue weighted by Crippen LogP contribution is 2.38. The summed E-state index contributed by atoms with van der Waals surface area (Å²) in [6, 6.07) is 0. The minimum atomic E-state index is -4.49. The molecule has 0 rings (SSSR count). The molecule has 0 fully saturated rings. The summed E-state index contributed by atoms with van der Waals surface area (Å²) < 4.78 is 26.6. The number of rotatable bonds is 24. The number of hydrogen-bond acceptors (Lipinski definition) is 7. The van der Waals surface area contributed by atoms with Crippen LogP contribution in [0.1, 0.15) is 90.4 Å². The van der Waals surface area contributed by atoms with Crippen molar-refractivity contribution in [3.8, 4) is 0 Å². The van der Waals surface area contributed by atoms with Crippen LogP contribution in [-0.2, 0) is 23.1 Å². The Morgan fingerprint density at radius 1 is 0.889 bits per heavy atom. The van der Waals surface area contributed by atoms with Crippen LogP contribution >= 0.6 is 7.82 Å². The first kappa shape index (κ1) is 35.0. The Morgan fingerprint density at radius 3 is 2.08 bits per heavy atom. The molecule has 0 aliphatic rings. The summed E-state index contributed by atoms with van der Waals surface area (Å²) in [7, 11) is 1.24. The van der Waals surface area contributed by atoms with Crippen LogP contribution in [-0.4, -0.2) is 69.2 Å². The van der Waals surface area contributed by atoms with Gasteiger partial charge in [-0.25, -0.2) is 0 Å². The standard InChI is InChI=1S/C27H52NO7P/c1-5-6-7-8-9-10-11-12-13-14-15-16-17-18-19-20-21-27(30)33-24-26(29)25-35-36(31,32)34-23-22-28(2,3)4/h10-11,13-14,26,29H,5-9,12,15-25H2,1-4H3/b11-10-,14-13-. The minimum absolute atomic E-state index is 0.0109. The van der Waals surface area contributed by atoms with E-state index in [0.717, 1.165) is 44.9 Å².